The Hall–Kier alpha value is -3.01. The van der Waals surface area contributed by atoms with E-state index in [-0.39, 0.29) is 16.5 Å². The molecule has 2 N–H and O–H groups in total. The standard InChI is InChI=1S/C18H15F2N5/c19-11-5-12-17(10(7-21)8-22-18(12)13(20)6-11)23-9-16-24-14-3-1-2-4-15(14)25-16/h5-6,8H,1-4,9H2,(H,22,23)(H,24,25). The smallest absolute Gasteiger partial charge is 0.152 e. The molecule has 126 valence electrons. The topological polar surface area (TPSA) is 77.4 Å². The van der Waals surface area contributed by atoms with Gasteiger partial charge in [-0.3, -0.25) is 4.98 Å². The highest BCUT2D eigenvalue weighted by Crippen LogP contribution is 2.29. The van der Waals surface area contributed by atoms with Crippen LogP contribution in [0.25, 0.3) is 10.9 Å². The molecule has 2 heterocycles. The molecule has 0 atom stereocenters. The van der Waals surface area contributed by atoms with Crippen LogP contribution in [0, 0.1) is 23.0 Å². The van der Waals surface area contributed by atoms with Crippen molar-refractivity contribution in [2.24, 2.45) is 0 Å². The molecule has 0 bridgehead atoms. The molecule has 7 heteroatoms. The van der Waals surface area contributed by atoms with Crippen molar-refractivity contribution >= 4 is 16.6 Å². The van der Waals surface area contributed by atoms with Crippen LogP contribution in [0.15, 0.2) is 18.3 Å². The summed E-state index contributed by atoms with van der Waals surface area (Å²) in [6.07, 6.45) is 5.52. The van der Waals surface area contributed by atoms with Gasteiger partial charge in [0, 0.05) is 23.3 Å². The fourth-order valence-corrected chi connectivity index (χ4v) is 3.27. The highest BCUT2D eigenvalue weighted by atomic mass is 19.1. The molecule has 3 aromatic rings. The largest absolute Gasteiger partial charge is 0.376 e. The van der Waals surface area contributed by atoms with Gasteiger partial charge in [0.25, 0.3) is 0 Å². The number of hydrogen-bond acceptors (Lipinski definition) is 4. The molecule has 5 nitrogen and oxygen atoms in total. The lowest BCUT2D eigenvalue weighted by Gasteiger charge is -2.11. The summed E-state index contributed by atoms with van der Waals surface area (Å²) in [5, 5.41) is 12.6. The zero-order valence-electron chi connectivity index (χ0n) is 13.4. The Labute approximate surface area is 142 Å². The number of hydrogen-bond donors (Lipinski definition) is 2. The first kappa shape index (κ1) is 15.5. The van der Waals surface area contributed by atoms with Gasteiger partial charge < -0.3 is 10.3 Å². The number of benzene rings is 1. The van der Waals surface area contributed by atoms with Crippen LogP contribution in [0.4, 0.5) is 14.5 Å². The molecule has 25 heavy (non-hydrogen) atoms. The number of nitrogens with one attached hydrogen (secondary N) is 2. The van der Waals surface area contributed by atoms with E-state index in [1.54, 1.807) is 0 Å². The number of imidazole rings is 1. The summed E-state index contributed by atoms with van der Waals surface area (Å²) in [7, 11) is 0. The van der Waals surface area contributed by atoms with E-state index in [1.807, 2.05) is 6.07 Å². The quantitative estimate of drug-likeness (QED) is 0.764. The minimum Gasteiger partial charge on any atom is -0.376 e. The van der Waals surface area contributed by atoms with Gasteiger partial charge in [-0.25, -0.2) is 13.8 Å². The molecule has 0 saturated carbocycles. The van der Waals surface area contributed by atoms with Crippen LogP contribution in [0.1, 0.15) is 35.6 Å². The van der Waals surface area contributed by atoms with Crippen LogP contribution in [0.3, 0.4) is 0 Å². The summed E-state index contributed by atoms with van der Waals surface area (Å²) in [6, 6.07) is 3.98. The lowest BCUT2D eigenvalue weighted by atomic mass is 10.0. The summed E-state index contributed by atoms with van der Waals surface area (Å²) < 4.78 is 27.6. The van der Waals surface area contributed by atoms with E-state index in [2.05, 4.69) is 20.3 Å². The summed E-state index contributed by atoms with van der Waals surface area (Å²) in [5.41, 5.74) is 2.86. The fourth-order valence-electron chi connectivity index (χ4n) is 3.27. The lowest BCUT2D eigenvalue weighted by molar-refractivity contribution is 0.590. The van der Waals surface area contributed by atoms with Crippen molar-refractivity contribution in [3.05, 3.63) is 52.7 Å². The van der Waals surface area contributed by atoms with Crippen molar-refractivity contribution in [1.82, 2.24) is 15.0 Å². The molecule has 0 spiro atoms. The minimum absolute atomic E-state index is 0.0293. The van der Waals surface area contributed by atoms with E-state index < -0.39 is 11.6 Å². The predicted molar refractivity (Wildman–Crippen MR) is 88.9 cm³/mol. The monoisotopic (exact) mass is 339 g/mol. The van der Waals surface area contributed by atoms with Crippen LogP contribution < -0.4 is 5.32 Å². The number of halogens is 2. The number of nitrogens with zero attached hydrogens (tertiary/aromatic N) is 3. The molecule has 1 aliphatic rings. The Morgan fingerprint density at radius 1 is 1.24 bits per heavy atom. The third-order valence-corrected chi connectivity index (χ3v) is 4.45. The summed E-state index contributed by atoms with van der Waals surface area (Å²) in [6.45, 7) is 0.332. The number of aryl methyl sites for hydroxylation is 2. The van der Waals surface area contributed by atoms with Gasteiger partial charge >= 0.3 is 0 Å². The highest BCUT2D eigenvalue weighted by Gasteiger charge is 2.16. The Balaban J connectivity index is 1.70. The first-order valence-electron chi connectivity index (χ1n) is 8.14. The van der Waals surface area contributed by atoms with Gasteiger partial charge in [-0.15, -0.1) is 0 Å². The molecule has 2 aromatic heterocycles. The molecule has 4 rings (SSSR count). The van der Waals surface area contributed by atoms with E-state index in [1.165, 1.54) is 12.3 Å². The number of aromatic amines is 1. The summed E-state index contributed by atoms with van der Waals surface area (Å²) in [4.78, 5) is 11.8. The minimum atomic E-state index is -0.754. The van der Waals surface area contributed by atoms with E-state index in [0.717, 1.165) is 49.0 Å². The molecular formula is C18H15F2N5. The SMILES string of the molecule is N#Cc1cnc2c(F)cc(F)cc2c1NCc1nc2c([nH]1)CCCC2. The average molecular weight is 339 g/mol. The van der Waals surface area contributed by atoms with Crippen LogP contribution in [0.2, 0.25) is 0 Å². The Morgan fingerprint density at radius 2 is 2.08 bits per heavy atom. The van der Waals surface area contributed by atoms with Crippen molar-refractivity contribution in [3.63, 3.8) is 0 Å². The molecule has 0 fully saturated rings. The van der Waals surface area contributed by atoms with E-state index >= 15 is 0 Å². The number of H-pyrrole nitrogens is 1. The number of nitriles is 1. The Kier molecular flexibility index (Phi) is 3.80. The number of rotatable bonds is 3. The fraction of sp³-hybridized carbons (Fsp3) is 0.278. The second-order valence-corrected chi connectivity index (χ2v) is 6.11. The zero-order chi connectivity index (χ0) is 17.4. The highest BCUT2D eigenvalue weighted by molar-refractivity contribution is 5.94. The van der Waals surface area contributed by atoms with Crippen LogP contribution >= 0.6 is 0 Å². The normalized spacial score (nSPS) is 13.5. The van der Waals surface area contributed by atoms with Gasteiger partial charge in [-0.2, -0.15) is 5.26 Å². The van der Waals surface area contributed by atoms with Crippen LogP contribution in [0.5, 0.6) is 0 Å². The first-order chi connectivity index (χ1) is 12.2. The average Bonchev–Trinajstić information content (AvgIpc) is 3.02. The van der Waals surface area contributed by atoms with Crippen molar-refractivity contribution in [2.75, 3.05) is 5.32 Å². The Morgan fingerprint density at radius 3 is 2.88 bits per heavy atom. The van der Waals surface area contributed by atoms with Gasteiger partial charge in [-0.1, -0.05) is 0 Å². The third-order valence-electron chi connectivity index (χ3n) is 4.45. The van der Waals surface area contributed by atoms with Crippen molar-refractivity contribution in [2.45, 2.75) is 32.2 Å². The van der Waals surface area contributed by atoms with Crippen molar-refractivity contribution in [1.29, 1.82) is 5.26 Å². The second-order valence-electron chi connectivity index (χ2n) is 6.11. The summed E-state index contributed by atoms with van der Waals surface area (Å²) >= 11 is 0. The number of fused-ring (bicyclic) bond motifs is 2. The van der Waals surface area contributed by atoms with Crippen molar-refractivity contribution in [3.8, 4) is 6.07 Å². The number of aromatic nitrogens is 3. The van der Waals surface area contributed by atoms with Crippen LogP contribution in [-0.4, -0.2) is 15.0 Å². The number of anilines is 1. The second kappa shape index (κ2) is 6.13. The van der Waals surface area contributed by atoms with Crippen LogP contribution in [-0.2, 0) is 19.4 Å². The van der Waals surface area contributed by atoms with Gasteiger partial charge in [0.15, 0.2) is 5.82 Å². The third kappa shape index (κ3) is 2.80. The maximum absolute atomic E-state index is 13.9. The number of pyridine rings is 1. The molecular weight excluding hydrogens is 324 g/mol. The van der Waals surface area contributed by atoms with Gasteiger partial charge in [0.2, 0.25) is 0 Å². The zero-order valence-corrected chi connectivity index (χ0v) is 13.4. The van der Waals surface area contributed by atoms with E-state index in [0.29, 0.717) is 12.2 Å². The molecule has 0 aliphatic heterocycles. The van der Waals surface area contributed by atoms with Crippen molar-refractivity contribution < 1.29 is 8.78 Å². The molecule has 1 aromatic carbocycles. The maximum Gasteiger partial charge on any atom is 0.152 e. The van der Waals surface area contributed by atoms with Gasteiger partial charge in [0.05, 0.1) is 23.5 Å². The van der Waals surface area contributed by atoms with E-state index in [4.69, 9.17) is 0 Å². The Bertz CT molecular complexity index is 979. The molecule has 0 radical (unpaired) electrons. The summed E-state index contributed by atoms with van der Waals surface area (Å²) in [5.74, 6) is -0.716. The predicted octanol–water partition coefficient (Wildman–Crippen LogP) is 3.60. The molecule has 1 aliphatic carbocycles. The lowest BCUT2D eigenvalue weighted by Crippen LogP contribution is -2.05. The first-order valence-corrected chi connectivity index (χ1v) is 8.14. The molecule has 0 unspecified atom stereocenters. The van der Waals surface area contributed by atoms with Gasteiger partial charge in [0.1, 0.15) is 23.2 Å². The van der Waals surface area contributed by atoms with E-state index in [9.17, 15) is 14.0 Å². The maximum atomic E-state index is 13.9. The van der Waals surface area contributed by atoms with Gasteiger partial charge in [-0.05, 0) is 31.7 Å². The molecule has 0 saturated heterocycles. The molecule has 0 amide bonds.